The molecule has 2 aromatic heterocycles. The van der Waals surface area contributed by atoms with Crippen molar-refractivity contribution in [1.82, 2.24) is 14.8 Å². The van der Waals surface area contributed by atoms with Crippen molar-refractivity contribution in [2.75, 3.05) is 5.32 Å². The predicted molar refractivity (Wildman–Crippen MR) is 91.3 cm³/mol. The van der Waals surface area contributed by atoms with Gasteiger partial charge in [0.1, 0.15) is 5.69 Å². The molecule has 0 radical (unpaired) electrons. The molecule has 0 fully saturated rings. The lowest BCUT2D eigenvalue weighted by atomic mass is 10.2. The molecule has 0 spiro atoms. The van der Waals surface area contributed by atoms with Gasteiger partial charge in [-0.05, 0) is 13.0 Å². The maximum Gasteiger partial charge on any atom is 0.294 e. The van der Waals surface area contributed by atoms with E-state index in [1.807, 2.05) is 0 Å². The molecule has 9 nitrogen and oxygen atoms in total. The molecule has 126 valence electrons. The Balaban J connectivity index is 2.09. The first-order valence-corrected chi connectivity index (χ1v) is 7.91. The van der Waals surface area contributed by atoms with Crippen LogP contribution in [0.4, 0.5) is 10.8 Å². The van der Waals surface area contributed by atoms with Gasteiger partial charge in [-0.1, -0.05) is 12.1 Å². The van der Waals surface area contributed by atoms with Crippen LogP contribution in [0, 0.1) is 17.0 Å². The summed E-state index contributed by atoms with van der Waals surface area (Å²) in [6.45, 7) is 1.58. The van der Waals surface area contributed by atoms with Crippen LogP contribution in [0.15, 0.2) is 46.7 Å². The number of hydrogen-bond acceptors (Lipinski definition) is 7. The molecule has 1 aromatic carbocycles. The van der Waals surface area contributed by atoms with Gasteiger partial charge in [0.15, 0.2) is 10.8 Å². The van der Waals surface area contributed by atoms with E-state index in [1.54, 1.807) is 18.4 Å². The smallest absolute Gasteiger partial charge is 0.294 e. The number of para-hydroxylation sites is 2. The normalized spacial score (nSPS) is 10.4. The van der Waals surface area contributed by atoms with Gasteiger partial charge < -0.3 is 0 Å². The molecule has 1 N–H and O–H groups in total. The van der Waals surface area contributed by atoms with Crippen LogP contribution in [0.5, 0.6) is 0 Å². The molecule has 1 amide bonds. The largest absolute Gasteiger partial charge is 0.296 e. The van der Waals surface area contributed by atoms with Crippen molar-refractivity contribution in [2.45, 2.75) is 6.92 Å². The highest BCUT2D eigenvalue weighted by atomic mass is 32.1. The van der Waals surface area contributed by atoms with E-state index in [1.165, 1.54) is 46.5 Å². The number of thiazole rings is 1. The Labute approximate surface area is 144 Å². The van der Waals surface area contributed by atoms with Crippen molar-refractivity contribution >= 4 is 28.1 Å². The fourth-order valence-corrected chi connectivity index (χ4v) is 2.71. The fraction of sp³-hybridized carbons (Fsp3) is 0.0667. The number of hydrogen-bond donors (Lipinski definition) is 1. The zero-order valence-electron chi connectivity index (χ0n) is 12.9. The Morgan fingerprint density at radius 2 is 2.12 bits per heavy atom. The van der Waals surface area contributed by atoms with E-state index >= 15 is 0 Å². The lowest BCUT2D eigenvalue weighted by molar-refractivity contribution is -0.384. The number of aromatic nitrogens is 3. The van der Waals surface area contributed by atoms with Crippen molar-refractivity contribution < 1.29 is 9.72 Å². The first-order chi connectivity index (χ1) is 12.0. The number of rotatable bonds is 4. The van der Waals surface area contributed by atoms with E-state index in [0.717, 1.165) is 0 Å². The Kier molecular flexibility index (Phi) is 4.35. The molecule has 25 heavy (non-hydrogen) atoms. The van der Waals surface area contributed by atoms with Crippen LogP contribution in [-0.4, -0.2) is 25.6 Å². The van der Waals surface area contributed by atoms with Gasteiger partial charge >= 0.3 is 0 Å². The van der Waals surface area contributed by atoms with E-state index in [2.05, 4.69) is 15.4 Å². The van der Waals surface area contributed by atoms with Gasteiger partial charge in [-0.3, -0.25) is 25.0 Å². The van der Waals surface area contributed by atoms with Gasteiger partial charge in [-0.25, -0.2) is 9.67 Å². The molecule has 0 saturated carbocycles. The van der Waals surface area contributed by atoms with Crippen molar-refractivity contribution in [3.8, 4) is 5.69 Å². The zero-order valence-corrected chi connectivity index (χ0v) is 13.7. The minimum absolute atomic E-state index is 0.160. The van der Waals surface area contributed by atoms with Gasteiger partial charge in [0.2, 0.25) is 5.43 Å². The Bertz CT molecular complexity index is 1010. The van der Waals surface area contributed by atoms with Crippen molar-refractivity contribution in [3.63, 3.8) is 0 Å². The van der Waals surface area contributed by atoms with Gasteiger partial charge in [-0.2, -0.15) is 5.10 Å². The molecule has 2 heterocycles. The van der Waals surface area contributed by atoms with Crippen LogP contribution in [0.25, 0.3) is 5.69 Å². The lowest BCUT2D eigenvalue weighted by Gasteiger charge is -2.11. The van der Waals surface area contributed by atoms with Crippen molar-refractivity contribution in [1.29, 1.82) is 0 Å². The maximum atomic E-state index is 12.3. The number of nitro benzene ring substituents is 1. The maximum absolute atomic E-state index is 12.3. The molecule has 0 bridgehead atoms. The van der Waals surface area contributed by atoms with Crippen LogP contribution in [0.1, 0.15) is 16.2 Å². The average Bonchev–Trinajstić information content (AvgIpc) is 3.07. The van der Waals surface area contributed by atoms with E-state index in [4.69, 9.17) is 0 Å². The quantitative estimate of drug-likeness (QED) is 0.564. The Morgan fingerprint density at radius 1 is 1.36 bits per heavy atom. The van der Waals surface area contributed by atoms with Crippen LogP contribution < -0.4 is 10.7 Å². The number of nitro groups is 1. The molecule has 0 aliphatic rings. The summed E-state index contributed by atoms with van der Waals surface area (Å²) >= 11 is 1.19. The number of amides is 1. The number of benzene rings is 1. The third-order valence-corrected chi connectivity index (χ3v) is 3.97. The first-order valence-electron chi connectivity index (χ1n) is 7.03. The van der Waals surface area contributed by atoms with E-state index < -0.39 is 16.3 Å². The minimum atomic E-state index is -0.729. The summed E-state index contributed by atoms with van der Waals surface area (Å²) < 4.78 is 1.20. The third kappa shape index (κ3) is 3.28. The molecular weight excluding hydrogens is 346 g/mol. The first kappa shape index (κ1) is 16.5. The zero-order chi connectivity index (χ0) is 18.0. The summed E-state index contributed by atoms with van der Waals surface area (Å²) in [7, 11) is 0. The van der Waals surface area contributed by atoms with Crippen molar-refractivity contribution in [3.05, 3.63) is 73.6 Å². The molecule has 0 saturated heterocycles. The molecule has 0 aliphatic heterocycles. The molecule has 10 heteroatoms. The monoisotopic (exact) mass is 357 g/mol. The van der Waals surface area contributed by atoms with Gasteiger partial charge in [0.25, 0.3) is 11.6 Å². The highest BCUT2D eigenvalue weighted by molar-refractivity contribution is 7.13. The number of anilines is 1. The summed E-state index contributed by atoms with van der Waals surface area (Å²) in [5.41, 5.74) is -0.619. The standard InChI is InChI=1S/C15H11N5O4S/c1-9-8-12(21)13(14(22)17-15-16-6-7-25-15)18-19(9)10-4-2-3-5-11(10)20(23)24/h2-8H,1H3,(H,16,17,22). The Morgan fingerprint density at radius 3 is 2.80 bits per heavy atom. The van der Waals surface area contributed by atoms with Crippen LogP contribution in [0.3, 0.4) is 0 Å². The van der Waals surface area contributed by atoms with E-state index in [0.29, 0.717) is 10.8 Å². The summed E-state index contributed by atoms with van der Waals surface area (Å²) in [4.78, 5) is 39.0. The van der Waals surface area contributed by atoms with Gasteiger partial charge in [0.05, 0.1) is 4.92 Å². The van der Waals surface area contributed by atoms with Gasteiger partial charge in [-0.15, -0.1) is 11.3 Å². The number of carbonyl (C=O) groups excluding carboxylic acids is 1. The summed E-state index contributed by atoms with van der Waals surface area (Å²) in [5.74, 6) is -0.729. The fourth-order valence-electron chi connectivity index (χ4n) is 2.19. The SMILES string of the molecule is Cc1cc(=O)c(C(=O)Nc2nccs2)nn1-c1ccccc1[N+](=O)[O-]. The molecule has 0 atom stereocenters. The second kappa shape index (κ2) is 6.61. The topological polar surface area (TPSA) is 120 Å². The lowest BCUT2D eigenvalue weighted by Crippen LogP contribution is -2.27. The number of aryl methyl sites for hydroxylation is 1. The van der Waals surface area contributed by atoms with E-state index in [-0.39, 0.29) is 17.1 Å². The predicted octanol–water partition coefficient (Wildman–Crippen LogP) is 2.16. The summed E-state index contributed by atoms with van der Waals surface area (Å²) in [6.07, 6.45) is 1.51. The average molecular weight is 357 g/mol. The Hall–Kier alpha value is -3.40. The minimum Gasteiger partial charge on any atom is -0.296 e. The molecule has 3 rings (SSSR count). The molecular formula is C15H11N5O4S. The molecule has 0 unspecified atom stereocenters. The van der Waals surface area contributed by atoms with Crippen LogP contribution in [-0.2, 0) is 0 Å². The van der Waals surface area contributed by atoms with Crippen LogP contribution >= 0.6 is 11.3 Å². The number of nitrogens with zero attached hydrogens (tertiary/aromatic N) is 4. The molecule has 3 aromatic rings. The van der Waals surface area contributed by atoms with Gasteiger partial charge in [0, 0.05) is 29.4 Å². The second-order valence-electron chi connectivity index (χ2n) is 4.95. The third-order valence-electron chi connectivity index (χ3n) is 3.28. The highest BCUT2D eigenvalue weighted by Gasteiger charge is 2.20. The van der Waals surface area contributed by atoms with Crippen molar-refractivity contribution in [2.24, 2.45) is 0 Å². The second-order valence-corrected chi connectivity index (χ2v) is 5.84. The highest BCUT2D eigenvalue weighted by Crippen LogP contribution is 2.22. The number of carbonyl (C=O) groups is 1. The van der Waals surface area contributed by atoms with E-state index in [9.17, 15) is 19.7 Å². The molecule has 0 aliphatic carbocycles. The summed E-state index contributed by atoms with van der Waals surface area (Å²) in [5, 5.41) is 19.7. The summed E-state index contributed by atoms with van der Waals surface area (Å²) in [6, 6.07) is 7.15. The van der Waals surface area contributed by atoms with Crippen LogP contribution in [0.2, 0.25) is 0 Å². The number of nitrogens with one attached hydrogen (secondary N) is 1.